The second-order valence-electron chi connectivity index (χ2n) is 6.34. The van der Waals surface area contributed by atoms with E-state index in [0.29, 0.717) is 13.2 Å². The summed E-state index contributed by atoms with van der Waals surface area (Å²) in [4.78, 5) is 19.2. The summed E-state index contributed by atoms with van der Waals surface area (Å²) in [5.74, 6) is 0.0919. The minimum atomic E-state index is 0.0919. The fourth-order valence-corrected chi connectivity index (χ4v) is 3.67. The number of thiazole rings is 1. The average Bonchev–Trinajstić information content (AvgIpc) is 3.08. The van der Waals surface area contributed by atoms with E-state index < -0.39 is 0 Å². The highest BCUT2D eigenvalue weighted by molar-refractivity contribution is 7.09. The summed E-state index contributed by atoms with van der Waals surface area (Å²) in [7, 11) is 0. The Hall–Kier alpha value is -1.76. The SMILES string of the molecule is Cc1nc(-c2cccc(C(=O)N3CCC(OCCCN)CC3)c2)cs1. The lowest BCUT2D eigenvalue weighted by Gasteiger charge is -2.32. The summed E-state index contributed by atoms with van der Waals surface area (Å²) in [5.41, 5.74) is 8.15. The van der Waals surface area contributed by atoms with Crippen molar-refractivity contribution in [2.24, 2.45) is 5.73 Å². The molecule has 2 heterocycles. The third-order valence-electron chi connectivity index (χ3n) is 4.46. The van der Waals surface area contributed by atoms with Crippen molar-refractivity contribution < 1.29 is 9.53 Å². The molecular weight excluding hydrogens is 334 g/mol. The van der Waals surface area contributed by atoms with Crippen LogP contribution in [-0.2, 0) is 4.74 Å². The predicted octanol–water partition coefficient (Wildman–Crippen LogP) is 3.09. The van der Waals surface area contributed by atoms with Crippen LogP contribution in [0, 0.1) is 6.92 Å². The van der Waals surface area contributed by atoms with Crippen molar-refractivity contribution in [1.82, 2.24) is 9.88 Å². The number of likely N-dealkylation sites (tertiary alicyclic amines) is 1. The molecule has 0 unspecified atom stereocenters. The Morgan fingerprint density at radius 2 is 2.20 bits per heavy atom. The van der Waals surface area contributed by atoms with Crippen LogP contribution in [0.5, 0.6) is 0 Å². The van der Waals surface area contributed by atoms with Gasteiger partial charge in [0.25, 0.3) is 5.91 Å². The Morgan fingerprint density at radius 3 is 2.88 bits per heavy atom. The molecule has 1 aromatic carbocycles. The highest BCUT2D eigenvalue weighted by Crippen LogP contribution is 2.24. The number of nitrogens with zero attached hydrogens (tertiary/aromatic N) is 2. The molecule has 0 spiro atoms. The molecule has 0 bridgehead atoms. The first kappa shape index (κ1) is 18.0. The maximum atomic E-state index is 12.8. The molecule has 0 atom stereocenters. The third kappa shape index (κ3) is 4.66. The van der Waals surface area contributed by atoms with E-state index in [1.807, 2.05) is 41.5 Å². The van der Waals surface area contributed by atoms with Gasteiger partial charge in [0.15, 0.2) is 0 Å². The third-order valence-corrected chi connectivity index (χ3v) is 5.23. The van der Waals surface area contributed by atoms with E-state index in [9.17, 15) is 4.79 Å². The maximum absolute atomic E-state index is 12.8. The smallest absolute Gasteiger partial charge is 0.253 e. The van der Waals surface area contributed by atoms with E-state index in [4.69, 9.17) is 10.5 Å². The second kappa shape index (κ2) is 8.56. The average molecular weight is 359 g/mol. The molecule has 1 amide bonds. The summed E-state index contributed by atoms with van der Waals surface area (Å²) in [6.45, 7) is 4.84. The van der Waals surface area contributed by atoms with E-state index >= 15 is 0 Å². The number of carbonyl (C=O) groups is 1. The molecule has 0 saturated carbocycles. The molecule has 5 nitrogen and oxygen atoms in total. The van der Waals surface area contributed by atoms with Gasteiger partial charge in [-0.3, -0.25) is 4.79 Å². The van der Waals surface area contributed by atoms with Gasteiger partial charge in [0, 0.05) is 36.2 Å². The molecular formula is C19H25N3O2S. The van der Waals surface area contributed by atoms with E-state index in [2.05, 4.69) is 4.98 Å². The number of hydrogen-bond acceptors (Lipinski definition) is 5. The lowest BCUT2D eigenvalue weighted by atomic mass is 10.0. The van der Waals surface area contributed by atoms with E-state index in [1.165, 1.54) is 0 Å². The fraction of sp³-hybridized carbons (Fsp3) is 0.474. The van der Waals surface area contributed by atoms with Crippen LogP contribution in [0.3, 0.4) is 0 Å². The van der Waals surface area contributed by atoms with Gasteiger partial charge in [0.05, 0.1) is 16.8 Å². The first-order valence-electron chi connectivity index (χ1n) is 8.81. The highest BCUT2D eigenvalue weighted by atomic mass is 32.1. The van der Waals surface area contributed by atoms with Gasteiger partial charge in [0.2, 0.25) is 0 Å². The Kier molecular flexibility index (Phi) is 6.18. The molecule has 1 aliphatic heterocycles. The summed E-state index contributed by atoms with van der Waals surface area (Å²) >= 11 is 1.62. The van der Waals surface area contributed by atoms with Gasteiger partial charge in [0.1, 0.15) is 0 Å². The van der Waals surface area contributed by atoms with Gasteiger partial charge in [-0.2, -0.15) is 0 Å². The normalized spacial score (nSPS) is 15.5. The van der Waals surface area contributed by atoms with Crippen LogP contribution in [0.1, 0.15) is 34.6 Å². The molecule has 6 heteroatoms. The molecule has 1 saturated heterocycles. The van der Waals surface area contributed by atoms with Crippen molar-refractivity contribution in [3.8, 4) is 11.3 Å². The lowest BCUT2D eigenvalue weighted by molar-refractivity contribution is 0.00845. The van der Waals surface area contributed by atoms with Crippen LogP contribution < -0.4 is 5.73 Å². The van der Waals surface area contributed by atoms with E-state index in [0.717, 1.165) is 54.2 Å². The number of carbonyl (C=O) groups excluding carboxylic acids is 1. The second-order valence-corrected chi connectivity index (χ2v) is 7.40. The molecule has 3 rings (SSSR count). The number of hydrogen-bond donors (Lipinski definition) is 1. The quantitative estimate of drug-likeness (QED) is 0.805. The van der Waals surface area contributed by atoms with Crippen molar-refractivity contribution in [3.05, 3.63) is 40.2 Å². The van der Waals surface area contributed by atoms with Crippen LogP contribution in [0.15, 0.2) is 29.6 Å². The minimum absolute atomic E-state index is 0.0919. The first-order chi connectivity index (χ1) is 12.2. The molecule has 1 fully saturated rings. The van der Waals surface area contributed by atoms with Gasteiger partial charge < -0.3 is 15.4 Å². The molecule has 2 aromatic rings. The van der Waals surface area contributed by atoms with Gasteiger partial charge in [-0.15, -0.1) is 11.3 Å². The van der Waals surface area contributed by atoms with Crippen LogP contribution >= 0.6 is 11.3 Å². The van der Waals surface area contributed by atoms with Crippen LogP contribution in [0.4, 0.5) is 0 Å². The van der Waals surface area contributed by atoms with E-state index in [-0.39, 0.29) is 12.0 Å². The number of nitrogens with two attached hydrogens (primary N) is 1. The number of amides is 1. The lowest BCUT2D eigenvalue weighted by Crippen LogP contribution is -2.41. The number of benzene rings is 1. The monoisotopic (exact) mass is 359 g/mol. The zero-order valence-corrected chi connectivity index (χ0v) is 15.4. The maximum Gasteiger partial charge on any atom is 0.253 e. The Balaban J connectivity index is 1.60. The van der Waals surface area contributed by atoms with Crippen molar-refractivity contribution in [1.29, 1.82) is 0 Å². The minimum Gasteiger partial charge on any atom is -0.378 e. The number of aryl methyl sites for hydroxylation is 1. The van der Waals surface area contributed by atoms with Crippen LogP contribution in [-0.4, -0.2) is 48.1 Å². The summed E-state index contributed by atoms with van der Waals surface area (Å²) < 4.78 is 5.81. The molecule has 1 aliphatic rings. The highest BCUT2D eigenvalue weighted by Gasteiger charge is 2.24. The Bertz CT molecular complexity index is 708. The van der Waals surface area contributed by atoms with Gasteiger partial charge >= 0.3 is 0 Å². The number of ether oxygens (including phenoxy) is 1. The number of aromatic nitrogens is 1. The summed E-state index contributed by atoms with van der Waals surface area (Å²) in [5, 5.41) is 3.06. The Labute approximate surface area is 152 Å². The van der Waals surface area contributed by atoms with E-state index in [1.54, 1.807) is 11.3 Å². The summed E-state index contributed by atoms with van der Waals surface area (Å²) in [6, 6.07) is 7.76. The number of piperidine rings is 1. The number of rotatable bonds is 6. The van der Waals surface area contributed by atoms with Crippen molar-refractivity contribution in [2.75, 3.05) is 26.2 Å². The fourth-order valence-electron chi connectivity index (χ4n) is 3.05. The standard InChI is InChI=1S/C19H25N3O2S/c1-14-21-18(13-25-14)15-4-2-5-16(12-15)19(23)22-9-6-17(7-10-22)24-11-3-8-20/h2,4-5,12-13,17H,3,6-11,20H2,1H3. The molecule has 1 aromatic heterocycles. The predicted molar refractivity (Wildman–Crippen MR) is 101 cm³/mol. The molecule has 2 N–H and O–H groups in total. The topological polar surface area (TPSA) is 68.5 Å². The first-order valence-corrected chi connectivity index (χ1v) is 9.69. The van der Waals surface area contributed by atoms with Crippen molar-refractivity contribution in [2.45, 2.75) is 32.3 Å². The van der Waals surface area contributed by atoms with Gasteiger partial charge in [-0.1, -0.05) is 12.1 Å². The molecule has 0 aliphatic carbocycles. The largest absolute Gasteiger partial charge is 0.378 e. The Morgan fingerprint density at radius 1 is 1.40 bits per heavy atom. The van der Waals surface area contributed by atoms with Crippen molar-refractivity contribution in [3.63, 3.8) is 0 Å². The van der Waals surface area contributed by atoms with Gasteiger partial charge in [-0.05, 0) is 44.9 Å². The van der Waals surface area contributed by atoms with Crippen LogP contribution in [0.25, 0.3) is 11.3 Å². The molecule has 134 valence electrons. The zero-order chi connectivity index (χ0) is 17.6. The molecule has 25 heavy (non-hydrogen) atoms. The summed E-state index contributed by atoms with van der Waals surface area (Å²) in [6.07, 6.45) is 2.92. The van der Waals surface area contributed by atoms with Crippen molar-refractivity contribution >= 4 is 17.2 Å². The van der Waals surface area contributed by atoms with Gasteiger partial charge in [-0.25, -0.2) is 4.98 Å². The van der Waals surface area contributed by atoms with Crippen LogP contribution in [0.2, 0.25) is 0 Å². The zero-order valence-electron chi connectivity index (χ0n) is 14.6. The molecule has 0 radical (unpaired) electrons.